The maximum atomic E-state index is 13.3. The fraction of sp³-hybridized carbons (Fsp3) is 0.379. The molecule has 0 aliphatic carbocycles. The number of nitrogens with one attached hydrogen (secondary N) is 2. The largest absolute Gasteiger partial charge is 0.491 e. The van der Waals surface area contributed by atoms with Crippen molar-refractivity contribution in [2.75, 3.05) is 26.2 Å². The Balaban J connectivity index is 1.55. The number of benzene rings is 2. The first-order valence-corrected chi connectivity index (χ1v) is 13.6. The fourth-order valence-corrected chi connectivity index (χ4v) is 4.73. The van der Waals surface area contributed by atoms with Gasteiger partial charge in [-0.25, -0.2) is 4.98 Å². The van der Waals surface area contributed by atoms with E-state index in [1.807, 2.05) is 41.8 Å². The van der Waals surface area contributed by atoms with Crippen LogP contribution in [0.3, 0.4) is 0 Å². The normalized spacial score (nSPS) is 17.2. The van der Waals surface area contributed by atoms with E-state index in [1.54, 1.807) is 35.5 Å². The van der Waals surface area contributed by atoms with Crippen molar-refractivity contribution in [2.45, 2.75) is 45.2 Å². The van der Waals surface area contributed by atoms with Gasteiger partial charge >= 0.3 is 0 Å². The molecule has 3 aromatic rings. The van der Waals surface area contributed by atoms with Gasteiger partial charge in [-0.3, -0.25) is 14.4 Å². The second kappa shape index (κ2) is 13.8. The molecule has 0 unspecified atom stereocenters. The summed E-state index contributed by atoms with van der Waals surface area (Å²) in [4.78, 5) is 45.3. The SMILES string of the molecule is CCc1nccn1CC(=O)N1CCCCNC(=O)c2cc(Cl)ccc2OC[C@@H](Cc2ccccc2)NC(=O)C1. The Morgan fingerprint density at radius 1 is 1.15 bits per heavy atom. The Morgan fingerprint density at radius 2 is 1.97 bits per heavy atom. The Morgan fingerprint density at radius 3 is 2.77 bits per heavy atom. The number of aromatic nitrogens is 2. The molecule has 3 amide bonds. The second-order valence-electron chi connectivity index (χ2n) is 9.51. The zero-order valence-corrected chi connectivity index (χ0v) is 22.8. The summed E-state index contributed by atoms with van der Waals surface area (Å²) in [6.45, 7) is 2.96. The second-order valence-corrected chi connectivity index (χ2v) is 9.95. The van der Waals surface area contributed by atoms with Gasteiger partial charge in [-0.15, -0.1) is 0 Å². The van der Waals surface area contributed by atoms with Gasteiger partial charge < -0.3 is 24.8 Å². The third-order valence-corrected chi connectivity index (χ3v) is 6.80. The summed E-state index contributed by atoms with van der Waals surface area (Å²) in [5.41, 5.74) is 1.37. The number of hydrogen-bond acceptors (Lipinski definition) is 5. The number of ether oxygens (including phenoxy) is 1. The van der Waals surface area contributed by atoms with Crippen LogP contribution in [0.1, 0.15) is 41.5 Å². The maximum Gasteiger partial charge on any atom is 0.255 e. The van der Waals surface area contributed by atoms with Crippen molar-refractivity contribution in [2.24, 2.45) is 0 Å². The molecule has 0 saturated heterocycles. The number of nitrogens with zero attached hydrogens (tertiary/aromatic N) is 3. The van der Waals surface area contributed by atoms with Crippen LogP contribution in [-0.4, -0.2) is 64.5 Å². The first-order chi connectivity index (χ1) is 18.9. The number of hydrogen-bond donors (Lipinski definition) is 2. The molecule has 0 saturated carbocycles. The minimum Gasteiger partial charge on any atom is -0.491 e. The highest BCUT2D eigenvalue weighted by Crippen LogP contribution is 2.23. The summed E-state index contributed by atoms with van der Waals surface area (Å²) in [5.74, 6) is 0.487. The van der Waals surface area contributed by atoms with E-state index in [0.717, 1.165) is 11.4 Å². The van der Waals surface area contributed by atoms with Crippen LogP contribution in [0.2, 0.25) is 5.02 Å². The number of halogens is 1. The molecule has 2 aromatic carbocycles. The summed E-state index contributed by atoms with van der Waals surface area (Å²) in [5, 5.41) is 6.39. The lowest BCUT2D eigenvalue weighted by Gasteiger charge is -2.25. The topological polar surface area (TPSA) is 106 Å². The molecule has 1 atom stereocenters. The van der Waals surface area contributed by atoms with Crippen LogP contribution in [0.4, 0.5) is 0 Å². The number of imidazole rings is 1. The highest BCUT2D eigenvalue weighted by Gasteiger charge is 2.22. The van der Waals surface area contributed by atoms with Crippen molar-refractivity contribution in [1.82, 2.24) is 25.1 Å². The van der Waals surface area contributed by atoms with Gasteiger partial charge in [0.15, 0.2) is 0 Å². The smallest absolute Gasteiger partial charge is 0.255 e. The van der Waals surface area contributed by atoms with Gasteiger partial charge in [0.05, 0.1) is 18.2 Å². The Hall–Kier alpha value is -3.85. The maximum absolute atomic E-state index is 13.3. The molecule has 4 rings (SSSR count). The summed E-state index contributed by atoms with van der Waals surface area (Å²) in [6, 6.07) is 14.3. The summed E-state index contributed by atoms with van der Waals surface area (Å²) in [7, 11) is 0. The van der Waals surface area contributed by atoms with Crippen LogP contribution in [0.15, 0.2) is 60.9 Å². The molecule has 1 aromatic heterocycles. The van der Waals surface area contributed by atoms with Crippen LogP contribution in [0.5, 0.6) is 5.75 Å². The minimum atomic E-state index is -0.395. The molecule has 2 N–H and O–H groups in total. The number of carbonyl (C=O) groups excluding carboxylic acids is 3. The average molecular weight is 552 g/mol. The van der Waals surface area contributed by atoms with Crippen molar-refractivity contribution in [3.63, 3.8) is 0 Å². The first kappa shape index (κ1) is 28.2. The van der Waals surface area contributed by atoms with Crippen LogP contribution in [0.25, 0.3) is 0 Å². The van der Waals surface area contributed by atoms with Gasteiger partial charge in [0, 0.05) is 36.9 Å². The van der Waals surface area contributed by atoms with Crippen LogP contribution in [0, 0.1) is 0 Å². The predicted molar refractivity (Wildman–Crippen MR) is 149 cm³/mol. The van der Waals surface area contributed by atoms with Crippen LogP contribution < -0.4 is 15.4 Å². The molecule has 1 aliphatic heterocycles. The van der Waals surface area contributed by atoms with E-state index >= 15 is 0 Å². The highest BCUT2D eigenvalue weighted by molar-refractivity contribution is 6.31. The lowest BCUT2D eigenvalue weighted by atomic mass is 10.1. The van der Waals surface area contributed by atoms with Gasteiger partial charge in [-0.05, 0) is 43.0 Å². The lowest BCUT2D eigenvalue weighted by Crippen LogP contribution is -2.47. The minimum absolute atomic E-state index is 0.0706. The van der Waals surface area contributed by atoms with Gasteiger partial charge in [0.2, 0.25) is 11.8 Å². The third-order valence-electron chi connectivity index (χ3n) is 6.57. The molecule has 206 valence electrons. The molecule has 10 heteroatoms. The molecule has 0 bridgehead atoms. The Labute approximate surface area is 233 Å². The summed E-state index contributed by atoms with van der Waals surface area (Å²) < 4.78 is 7.88. The molecule has 1 aliphatic rings. The van der Waals surface area contributed by atoms with Crippen molar-refractivity contribution < 1.29 is 19.1 Å². The standard InChI is InChI=1S/C29H34ClN5O4/c1-2-26-31-13-15-34(26)19-28(37)35-14-7-6-12-32-29(38)24-17-22(30)10-11-25(24)39-20-23(33-27(36)18-35)16-21-8-4-3-5-9-21/h3-5,8-11,13,15,17,23H,2,6-7,12,14,16,18-20H2,1H3,(H,32,38)(H,33,36)/t23-/m1/s1. The van der Waals surface area contributed by atoms with Gasteiger partial charge in [-0.1, -0.05) is 48.9 Å². The zero-order chi connectivity index (χ0) is 27.6. The van der Waals surface area contributed by atoms with E-state index in [-0.39, 0.29) is 37.4 Å². The molecule has 39 heavy (non-hydrogen) atoms. The van der Waals surface area contributed by atoms with E-state index in [9.17, 15) is 14.4 Å². The highest BCUT2D eigenvalue weighted by atomic mass is 35.5. The summed E-state index contributed by atoms with van der Waals surface area (Å²) in [6.07, 6.45) is 5.93. The number of carbonyl (C=O) groups is 3. The predicted octanol–water partition coefficient (Wildman–Crippen LogP) is 3.26. The van der Waals surface area contributed by atoms with Crippen molar-refractivity contribution in [3.8, 4) is 5.75 Å². The van der Waals surface area contributed by atoms with E-state index in [4.69, 9.17) is 16.3 Å². The average Bonchev–Trinajstić information content (AvgIpc) is 3.38. The van der Waals surface area contributed by atoms with Crippen LogP contribution >= 0.6 is 11.6 Å². The number of amides is 3. The molecule has 9 nitrogen and oxygen atoms in total. The third kappa shape index (κ3) is 8.07. The lowest BCUT2D eigenvalue weighted by molar-refractivity contribution is -0.137. The van der Waals surface area contributed by atoms with Crippen LogP contribution in [-0.2, 0) is 29.0 Å². The van der Waals surface area contributed by atoms with Gasteiger partial charge in [-0.2, -0.15) is 0 Å². The fourth-order valence-electron chi connectivity index (χ4n) is 4.55. The van der Waals surface area contributed by atoms with E-state index in [2.05, 4.69) is 15.6 Å². The molecular formula is C29H34ClN5O4. The first-order valence-electron chi connectivity index (χ1n) is 13.2. The van der Waals surface area contributed by atoms with Crippen molar-refractivity contribution in [3.05, 3.63) is 82.9 Å². The number of fused-ring (bicyclic) bond motifs is 1. The van der Waals surface area contributed by atoms with E-state index in [0.29, 0.717) is 55.1 Å². The quantitative estimate of drug-likeness (QED) is 0.506. The van der Waals surface area contributed by atoms with Gasteiger partial charge in [0.1, 0.15) is 24.7 Å². The monoisotopic (exact) mass is 551 g/mol. The van der Waals surface area contributed by atoms with Gasteiger partial charge in [0.25, 0.3) is 5.91 Å². The molecular weight excluding hydrogens is 518 g/mol. The molecule has 2 heterocycles. The Bertz CT molecular complexity index is 1280. The Kier molecular flexibility index (Phi) is 9.97. The number of rotatable bonds is 5. The zero-order valence-electron chi connectivity index (χ0n) is 22.1. The van der Waals surface area contributed by atoms with E-state index in [1.165, 1.54) is 0 Å². The van der Waals surface area contributed by atoms with E-state index < -0.39 is 6.04 Å². The van der Waals surface area contributed by atoms with Crippen molar-refractivity contribution in [1.29, 1.82) is 0 Å². The molecule has 0 radical (unpaired) electrons. The number of aryl methyl sites for hydroxylation is 1. The molecule has 0 spiro atoms. The molecule has 0 fully saturated rings. The summed E-state index contributed by atoms with van der Waals surface area (Å²) >= 11 is 6.17. The van der Waals surface area contributed by atoms with Crippen molar-refractivity contribution >= 4 is 29.3 Å².